The van der Waals surface area contributed by atoms with Gasteiger partial charge in [-0.05, 0) is 12.1 Å². The highest BCUT2D eigenvalue weighted by molar-refractivity contribution is 6.34. The SMILES string of the molecule is COc1cc(-c2nnc3n2CC2COC[C@H]3N2C(=O)c2cccc(C(F)(F)F)c2Cl)ncc1F. The van der Waals surface area contributed by atoms with E-state index in [1.54, 1.807) is 4.57 Å². The zero-order valence-corrected chi connectivity index (χ0v) is 18.3. The lowest BCUT2D eigenvalue weighted by atomic mass is 10.0. The van der Waals surface area contributed by atoms with Gasteiger partial charge in [-0.1, -0.05) is 17.7 Å². The molecule has 0 N–H and O–H groups in total. The Morgan fingerprint density at radius 3 is 2.79 bits per heavy atom. The van der Waals surface area contributed by atoms with Crippen molar-refractivity contribution in [3.05, 3.63) is 58.3 Å². The smallest absolute Gasteiger partial charge is 0.417 e. The summed E-state index contributed by atoms with van der Waals surface area (Å²) in [5.41, 5.74) is -1.02. The first kappa shape index (κ1) is 22.5. The lowest BCUT2D eigenvalue weighted by Crippen LogP contribution is -2.56. The van der Waals surface area contributed by atoms with Crippen LogP contribution in [0.3, 0.4) is 0 Å². The molecule has 1 fully saturated rings. The summed E-state index contributed by atoms with van der Waals surface area (Å²) in [6, 6.07) is 3.38. The average Bonchev–Trinajstić information content (AvgIpc) is 3.21. The maximum absolute atomic E-state index is 13.8. The number of carbonyl (C=O) groups is 1. The Morgan fingerprint density at radius 2 is 2.06 bits per heavy atom. The number of ether oxygens (including phenoxy) is 2. The first-order valence-electron chi connectivity index (χ1n) is 10.1. The number of aromatic nitrogens is 4. The van der Waals surface area contributed by atoms with Crippen LogP contribution in [0.2, 0.25) is 5.02 Å². The zero-order chi connectivity index (χ0) is 24.2. The van der Waals surface area contributed by atoms with Crippen LogP contribution >= 0.6 is 11.6 Å². The third-order valence-electron chi connectivity index (χ3n) is 5.82. The van der Waals surface area contributed by atoms with Crippen LogP contribution in [-0.2, 0) is 17.5 Å². The van der Waals surface area contributed by atoms with E-state index in [0.717, 1.165) is 18.3 Å². The number of halogens is 5. The van der Waals surface area contributed by atoms with Crippen molar-refractivity contribution in [2.45, 2.75) is 24.8 Å². The van der Waals surface area contributed by atoms with Crippen LogP contribution in [0.25, 0.3) is 11.5 Å². The van der Waals surface area contributed by atoms with Crippen molar-refractivity contribution in [3.8, 4) is 17.3 Å². The molecule has 8 nitrogen and oxygen atoms in total. The van der Waals surface area contributed by atoms with Crippen LogP contribution in [-0.4, -0.2) is 56.9 Å². The lowest BCUT2D eigenvalue weighted by molar-refractivity contribution is -0.137. The molecule has 2 aromatic heterocycles. The predicted molar refractivity (Wildman–Crippen MR) is 110 cm³/mol. The minimum atomic E-state index is -4.70. The number of benzene rings is 1. The number of hydrogen-bond donors (Lipinski definition) is 0. The first-order chi connectivity index (χ1) is 16.2. The molecule has 1 saturated heterocycles. The van der Waals surface area contributed by atoms with E-state index in [4.69, 9.17) is 21.1 Å². The van der Waals surface area contributed by atoms with E-state index in [-0.39, 0.29) is 31.1 Å². The van der Waals surface area contributed by atoms with Crippen molar-refractivity contribution in [1.82, 2.24) is 24.6 Å². The van der Waals surface area contributed by atoms with Crippen molar-refractivity contribution < 1.29 is 31.8 Å². The highest BCUT2D eigenvalue weighted by Crippen LogP contribution is 2.40. The zero-order valence-electron chi connectivity index (χ0n) is 17.5. The molecule has 0 spiro atoms. The molecule has 2 aliphatic rings. The summed E-state index contributed by atoms with van der Waals surface area (Å²) in [7, 11) is 1.33. The van der Waals surface area contributed by atoms with Gasteiger partial charge in [0.1, 0.15) is 11.7 Å². The first-order valence-corrected chi connectivity index (χ1v) is 10.5. The van der Waals surface area contributed by atoms with Gasteiger partial charge in [-0.2, -0.15) is 13.2 Å². The molecule has 13 heteroatoms. The fraction of sp³-hybridized carbons (Fsp3) is 0.333. The summed E-state index contributed by atoms with van der Waals surface area (Å²) in [5, 5.41) is 7.70. The summed E-state index contributed by atoms with van der Waals surface area (Å²) in [4.78, 5) is 18.9. The molecule has 0 aliphatic carbocycles. The van der Waals surface area contributed by atoms with Gasteiger partial charge < -0.3 is 18.9 Å². The Labute approximate surface area is 195 Å². The standard InChI is InChI=1S/C21H16ClF4N5O3/c1-33-16-5-14(27-6-13(16)23)18-28-29-19-15-9-34-8-10(7-30(18)19)31(15)20(32)11-3-2-4-12(17(11)22)21(24,25)26/h2-6,10,15H,7-9H2,1H3/t10?,15-/m1/s1. The average molecular weight is 498 g/mol. The van der Waals surface area contributed by atoms with Gasteiger partial charge in [-0.25, -0.2) is 9.37 Å². The van der Waals surface area contributed by atoms with E-state index >= 15 is 0 Å². The molecular weight excluding hydrogens is 482 g/mol. The number of alkyl halides is 3. The molecule has 4 heterocycles. The molecule has 2 atom stereocenters. The third kappa shape index (κ3) is 3.57. The summed E-state index contributed by atoms with van der Waals surface area (Å²) in [5.74, 6) is -0.601. The number of methoxy groups -OCH3 is 1. The number of amides is 1. The highest BCUT2D eigenvalue weighted by atomic mass is 35.5. The molecule has 178 valence electrons. The number of nitrogens with zero attached hydrogens (tertiary/aromatic N) is 5. The van der Waals surface area contributed by atoms with Gasteiger partial charge in [0, 0.05) is 12.6 Å². The van der Waals surface area contributed by atoms with Crippen molar-refractivity contribution in [3.63, 3.8) is 0 Å². The molecule has 1 unspecified atom stereocenters. The molecule has 2 bridgehead atoms. The lowest BCUT2D eigenvalue weighted by Gasteiger charge is -2.45. The minimum Gasteiger partial charge on any atom is -0.494 e. The number of fused-ring (bicyclic) bond motifs is 4. The van der Waals surface area contributed by atoms with Crippen molar-refractivity contribution >= 4 is 17.5 Å². The van der Waals surface area contributed by atoms with E-state index in [2.05, 4.69) is 15.2 Å². The fourth-order valence-corrected chi connectivity index (χ4v) is 4.59. The van der Waals surface area contributed by atoms with Gasteiger partial charge >= 0.3 is 6.18 Å². The maximum Gasteiger partial charge on any atom is 0.417 e. The highest BCUT2D eigenvalue weighted by Gasteiger charge is 2.45. The van der Waals surface area contributed by atoms with E-state index in [1.807, 2.05) is 0 Å². The summed E-state index contributed by atoms with van der Waals surface area (Å²) in [6.45, 7) is 0.408. The van der Waals surface area contributed by atoms with Gasteiger partial charge in [0.05, 0.1) is 48.7 Å². The van der Waals surface area contributed by atoms with Gasteiger partial charge in [-0.15, -0.1) is 10.2 Å². The monoisotopic (exact) mass is 497 g/mol. The maximum atomic E-state index is 13.8. The fourth-order valence-electron chi connectivity index (χ4n) is 4.27. The summed E-state index contributed by atoms with van der Waals surface area (Å²) in [6.07, 6.45) is -3.69. The molecule has 1 amide bonds. The van der Waals surface area contributed by atoms with Gasteiger partial charge in [0.2, 0.25) is 0 Å². The molecule has 3 aromatic rings. The molecule has 0 saturated carbocycles. The molecule has 34 heavy (non-hydrogen) atoms. The molecule has 5 rings (SSSR count). The van der Waals surface area contributed by atoms with Crippen LogP contribution in [0, 0.1) is 5.82 Å². The number of carbonyl (C=O) groups excluding carboxylic acids is 1. The third-order valence-corrected chi connectivity index (χ3v) is 6.23. The van der Waals surface area contributed by atoms with Crippen LogP contribution in [0.1, 0.15) is 27.8 Å². The van der Waals surface area contributed by atoms with E-state index in [1.165, 1.54) is 24.1 Å². The van der Waals surface area contributed by atoms with E-state index in [0.29, 0.717) is 17.3 Å². The van der Waals surface area contributed by atoms with Crippen LogP contribution in [0.15, 0.2) is 30.5 Å². The van der Waals surface area contributed by atoms with Gasteiger partial charge in [0.25, 0.3) is 5.91 Å². The minimum absolute atomic E-state index is 0.0160. The molecule has 2 aliphatic heterocycles. The summed E-state index contributed by atoms with van der Waals surface area (Å²) < 4.78 is 66.1. The van der Waals surface area contributed by atoms with Gasteiger partial charge in [0.15, 0.2) is 23.2 Å². The normalized spacial score (nSPS) is 19.6. The second-order valence-electron chi connectivity index (χ2n) is 7.78. The Kier molecular flexibility index (Phi) is 5.44. The van der Waals surface area contributed by atoms with E-state index < -0.39 is 40.6 Å². The number of pyridine rings is 1. The number of hydrogen-bond acceptors (Lipinski definition) is 6. The number of morpholine rings is 1. The quantitative estimate of drug-likeness (QED) is 0.513. The Balaban J connectivity index is 1.54. The molecule has 1 aromatic carbocycles. The van der Waals surface area contributed by atoms with Crippen LogP contribution in [0.4, 0.5) is 17.6 Å². The second kappa shape index (κ2) is 8.20. The van der Waals surface area contributed by atoms with Crippen molar-refractivity contribution in [1.29, 1.82) is 0 Å². The van der Waals surface area contributed by atoms with Crippen LogP contribution in [0.5, 0.6) is 5.75 Å². The van der Waals surface area contributed by atoms with Gasteiger partial charge in [-0.3, -0.25) is 4.79 Å². The Bertz CT molecular complexity index is 1280. The summed E-state index contributed by atoms with van der Waals surface area (Å²) >= 11 is 6.01. The van der Waals surface area contributed by atoms with Crippen LogP contribution < -0.4 is 4.74 Å². The predicted octanol–water partition coefficient (Wildman–Crippen LogP) is 3.76. The Morgan fingerprint density at radius 1 is 1.26 bits per heavy atom. The second-order valence-corrected chi connectivity index (χ2v) is 8.16. The largest absolute Gasteiger partial charge is 0.494 e. The topological polar surface area (TPSA) is 82.4 Å². The number of rotatable bonds is 3. The van der Waals surface area contributed by atoms with Crippen molar-refractivity contribution in [2.24, 2.45) is 0 Å². The van der Waals surface area contributed by atoms with E-state index in [9.17, 15) is 22.4 Å². The van der Waals surface area contributed by atoms with Crippen molar-refractivity contribution in [2.75, 3.05) is 20.3 Å². The molecular formula is C21H16ClF4N5O3. The molecule has 0 radical (unpaired) electrons. The Hall–Kier alpha value is -3.25.